The second kappa shape index (κ2) is 11.9. The van der Waals surface area contributed by atoms with E-state index in [0.717, 1.165) is 37.2 Å². The molecule has 1 aromatic heterocycles. The standard InChI is InChI=1S/C25H30N4O4S/c1-31-21-9-8-19(16-22(21)32-2)24-27-23(33-28-24)17-29-13-10-18(11-14-29)25(30)26-12-15-34-20-6-4-3-5-7-20/h3-9,16,18H,10-15,17H2,1-2H3,(H,26,30). The quantitative estimate of drug-likeness (QED) is 0.344. The number of hydrogen-bond donors (Lipinski definition) is 1. The number of carbonyl (C=O) groups is 1. The smallest absolute Gasteiger partial charge is 0.241 e. The van der Waals surface area contributed by atoms with Crippen molar-refractivity contribution in [2.75, 3.05) is 39.6 Å². The molecule has 9 heteroatoms. The molecule has 0 bridgehead atoms. The fourth-order valence-corrected chi connectivity index (χ4v) is 4.75. The first-order valence-corrected chi connectivity index (χ1v) is 12.4. The lowest BCUT2D eigenvalue weighted by Crippen LogP contribution is -2.40. The molecule has 0 aliphatic carbocycles. The van der Waals surface area contributed by atoms with Gasteiger partial charge in [0.2, 0.25) is 17.6 Å². The highest BCUT2D eigenvalue weighted by Gasteiger charge is 2.26. The van der Waals surface area contributed by atoms with Crippen molar-refractivity contribution in [2.45, 2.75) is 24.3 Å². The topological polar surface area (TPSA) is 89.7 Å². The van der Waals surface area contributed by atoms with Gasteiger partial charge in [-0.05, 0) is 56.3 Å². The molecular weight excluding hydrogens is 452 g/mol. The van der Waals surface area contributed by atoms with E-state index in [1.165, 1.54) is 4.90 Å². The Balaban J connectivity index is 1.21. The number of amides is 1. The maximum absolute atomic E-state index is 12.5. The lowest BCUT2D eigenvalue weighted by molar-refractivity contribution is -0.126. The van der Waals surface area contributed by atoms with Gasteiger partial charge in [0.1, 0.15) is 0 Å². The van der Waals surface area contributed by atoms with E-state index in [9.17, 15) is 4.79 Å². The molecule has 1 aliphatic heterocycles. The van der Waals surface area contributed by atoms with Crippen LogP contribution in [0.5, 0.6) is 11.5 Å². The third kappa shape index (κ3) is 6.30. The number of thioether (sulfide) groups is 1. The molecule has 0 saturated carbocycles. The van der Waals surface area contributed by atoms with Gasteiger partial charge >= 0.3 is 0 Å². The van der Waals surface area contributed by atoms with Crippen LogP contribution in [0.4, 0.5) is 0 Å². The van der Waals surface area contributed by atoms with E-state index in [4.69, 9.17) is 14.0 Å². The molecule has 1 fully saturated rings. The van der Waals surface area contributed by atoms with Crippen molar-refractivity contribution in [1.29, 1.82) is 0 Å². The van der Waals surface area contributed by atoms with Crippen molar-refractivity contribution < 1.29 is 18.8 Å². The summed E-state index contributed by atoms with van der Waals surface area (Å²) < 4.78 is 16.1. The number of benzene rings is 2. The average molecular weight is 483 g/mol. The van der Waals surface area contributed by atoms with Crippen molar-refractivity contribution in [2.24, 2.45) is 5.92 Å². The summed E-state index contributed by atoms with van der Waals surface area (Å²) in [5.41, 5.74) is 0.799. The van der Waals surface area contributed by atoms with Gasteiger partial charge in [-0.15, -0.1) is 11.8 Å². The van der Waals surface area contributed by atoms with Gasteiger partial charge in [0.05, 0.1) is 20.8 Å². The Hall–Kier alpha value is -3.04. The molecule has 2 heterocycles. The number of rotatable bonds is 10. The molecule has 0 atom stereocenters. The second-order valence-corrected chi connectivity index (χ2v) is 9.25. The van der Waals surface area contributed by atoms with E-state index in [0.29, 0.717) is 36.3 Å². The van der Waals surface area contributed by atoms with E-state index in [-0.39, 0.29) is 11.8 Å². The van der Waals surface area contributed by atoms with Gasteiger partial charge in [0, 0.05) is 28.7 Å². The summed E-state index contributed by atoms with van der Waals surface area (Å²) in [6.45, 7) is 2.90. The summed E-state index contributed by atoms with van der Waals surface area (Å²) in [6, 6.07) is 15.8. The SMILES string of the molecule is COc1ccc(-c2noc(CN3CCC(C(=O)NCCSc4ccccc4)CC3)n2)cc1OC. The van der Waals surface area contributed by atoms with Crippen molar-refractivity contribution >= 4 is 17.7 Å². The average Bonchev–Trinajstić information content (AvgIpc) is 3.35. The van der Waals surface area contributed by atoms with Crippen LogP contribution in [-0.4, -0.2) is 60.6 Å². The summed E-state index contributed by atoms with van der Waals surface area (Å²) in [5.74, 6) is 3.42. The van der Waals surface area contributed by atoms with Gasteiger partial charge in [-0.1, -0.05) is 23.4 Å². The summed E-state index contributed by atoms with van der Waals surface area (Å²) in [6.07, 6.45) is 1.66. The Kier molecular flexibility index (Phi) is 8.43. The Morgan fingerprint density at radius 3 is 2.62 bits per heavy atom. The number of aromatic nitrogens is 2. The van der Waals surface area contributed by atoms with Crippen molar-refractivity contribution in [1.82, 2.24) is 20.4 Å². The van der Waals surface area contributed by atoms with Gasteiger partial charge in [0.15, 0.2) is 11.5 Å². The predicted molar refractivity (Wildman–Crippen MR) is 131 cm³/mol. The van der Waals surface area contributed by atoms with Gasteiger partial charge in [-0.2, -0.15) is 4.98 Å². The zero-order chi connectivity index (χ0) is 23.8. The zero-order valence-electron chi connectivity index (χ0n) is 19.5. The Labute approximate surface area is 204 Å². The van der Waals surface area contributed by atoms with E-state index >= 15 is 0 Å². The van der Waals surface area contributed by atoms with E-state index in [1.807, 2.05) is 36.4 Å². The van der Waals surface area contributed by atoms with Gasteiger partial charge in [-0.25, -0.2) is 0 Å². The number of carbonyl (C=O) groups excluding carboxylic acids is 1. The molecule has 1 N–H and O–H groups in total. The van der Waals surface area contributed by atoms with Crippen LogP contribution in [0.15, 0.2) is 57.9 Å². The highest BCUT2D eigenvalue weighted by atomic mass is 32.2. The third-order valence-corrected chi connectivity index (χ3v) is 6.85. The fourth-order valence-electron chi connectivity index (χ4n) is 3.96. The Bertz CT molecular complexity index is 1070. The molecule has 4 rings (SSSR count). The summed E-state index contributed by atoms with van der Waals surface area (Å²) in [7, 11) is 3.19. The molecule has 8 nitrogen and oxygen atoms in total. The molecule has 34 heavy (non-hydrogen) atoms. The van der Waals surface area contributed by atoms with Crippen molar-refractivity contribution in [3.05, 3.63) is 54.4 Å². The van der Waals surface area contributed by atoms with E-state index < -0.39 is 0 Å². The molecule has 1 saturated heterocycles. The third-order valence-electron chi connectivity index (χ3n) is 5.84. The van der Waals surface area contributed by atoms with Crippen molar-refractivity contribution in [3.63, 3.8) is 0 Å². The number of piperidine rings is 1. The number of nitrogens with zero attached hydrogens (tertiary/aromatic N) is 3. The molecule has 3 aromatic rings. The number of methoxy groups -OCH3 is 2. The highest BCUT2D eigenvalue weighted by molar-refractivity contribution is 7.99. The van der Waals surface area contributed by atoms with Gasteiger partial charge < -0.3 is 19.3 Å². The number of likely N-dealkylation sites (tertiary alicyclic amines) is 1. The van der Waals surface area contributed by atoms with Gasteiger partial charge in [0.25, 0.3) is 0 Å². The highest BCUT2D eigenvalue weighted by Crippen LogP contribution is 2.31. The van der Waals surface area contributed by atoms with Crippen LogP contribution >= 0.6 is 11.8 Å². The minimum Gasteiger partial charge on any atom is -0.493 e. The predicted octanol–water partition coefficient (Wildman–Crippen LogP) is 3.87. The van der Waals surface area contributed by atoms with Gasteiger partial charge in [-0.3, -0.25) is 9.69 Å². The normalized spacial score (nSPS) is 14.6. The summed E-state index contributed by atoms with van der Waals surface area (Å²) in [4.78, 5) is 20.5. The lowest BCUT2D eigenvalue weighted by atomic mass is 9.96. The van der Waals surface area contributed by atoms with E-state index in [2.05, 4.69) is 32.5 Å². The minimum absolute atomic E-state index is 0.0583. The van der Waals surface area contributed by atoms with Crippen LogP contribution in [-0.2, 0) is 11.3 Å². The number of nitrogens with one attached hydrogen (secondary N) is 1. The first-order chi connectivity index (χ1) is 16.7. The minimum atomic E-state index is 0.0583. The number of hydrogen-bond acceptors (Lipinski definition) is 8. The Morgan fingerprint density at radius 2 is 1.88 bits per heavy atom. The van der Waals surface area contributed by atoms with Crippen LogP contribution in [0.1, 0.15) is 18.7 Å². The maximum atomic E-state index is 12.5. The van der Waals surface area contributed by atoms with Crippen LogP contribution in [0.25, 0.3) is 11.4 Å². The monoisotopic (exact) mass is 482 g/mol. The van der Waals surface area contributed by atoms with Crippen LogP contribution in [0.2, 0.25) is 0 Å². The Morgan fingerprint density at radius 1 is 1.12 bits per heavy atom. The number of ether oxygens (including phenoxy) is 2. The van der Waals surface area contributed by atoms with Crippen LogP contribution in [0, 0.1) is 5.92 Å². The van der Waals surface area contributed by atoms with Crippen LogP contribution in [0.3, 0.4) is 0 Å². The molecule has 180 valence electrons. The first kappa shape index (κ1) is 24.1. The summed E-state index contributed by atoms with van der Waals surface area (Å²) >= 11 is 1.76. The van der Waals surface area contributed by atoms with Crippen LogP contribution < -0.4 is 14.8 Å². The molecular formula is C25H30N4O4S. The van der Waals surface area contributed by atoms with E-state index in [1.54, 1.807) is 26.0 Å². The first-order valence-electron chi connectivity index (χ1n) is 11.4. The molecule has 1 amide bonds. The van der Waals surface area contributed by atoms with Crippen molar-refractivity contribution in [3.8, 4) is 22.9 Å². The zero-order valence-corrected chi connectivity index (χ0v) is 20.3. The largest absolute Gasteiger partial charge is 0.493 e. The molecule has 1 aliphatic rings. The second-order valence-electron chi connectivity index (χ2n) is 8.08. The molecule has 0 unspecified atom stereocenters. The fraction of sp³-hybridized carbons (Fsp3) is 0.400. The molecule has 0 spiro atoms. The molecule has 0 radical (unpaired) electrons. The lowest BCUT2D eigenvalue weighted by Gasteiger charge is -2.30. The maximum Gasteiger partial charge on any atom is 0.241 e. The summed E-state index contributed by atoms with van der Waals surface area (Å²) in [5, 5.41) is 7.20. The molecule has 2 aromatic carbocycles.